The number of carboxylic acid groups (broad SMARTS) is 1. The highest BCUT2D eigenvalue weighted by Crippen LogP contribution is 2.43. The Balaban J connectivity index is 1.70. The van der Waals surface area contributed by atoms with Crippen molar-refractivity contribution in [2.45, 2.75) is 51.6 Å². The number of hydrogen-bond acceptors (Lipinski definition) is 7. The quantitative estimate of drug-likeness (QED) is 0.473. The maximum absolute atomic E-state index is 13.0. The number of nitrogens with zero attached hydrogens (tertiary/aromatic N) is 4. The first-order chi connectivity index (χ1) is 17.8. The molecule has 2 unspecified atom stereocenters. The number of pyridine rings is 1. The van der Waals surface area contributed by atoms with E-state index in [9.17, 15) is 19.5 Å². The topological polar surface area (TPSA) is 128 Å². The Bertz CT molecular complexity index is 1280. The van der Waals surface area contributed by atoms with Crippen molar-refractivity contribution in [2.24, 2.45) is 5.92 Å². The monoisotopic (exact) mass is 509 g/mol. The van der Waals surface area contributed by atoms with E-state index in [0.29, 0.717) is 36.2 Å². The molecular formula is C27H35N5O5. The second-order valence-electron chi connectivity index (χ2n) is 9.87. The molecule has 4 rings (SSSR count). The molecule has 1 aliphatic carbocycles. The van der Waals surface area contributed by atoms with Gasteiger partial charge in [-0.1, -0.05) is 6.92 Å². The van der Waals surface area contributed by atoms with Crippen molar-refractivity contribution < 1.29 is 19.4 Å². The predicted octanol–water partition coefficient (Wildman–Crippen LogP) is 2.61. The molecule has 2 heterocycles. The summed E-state index contributed by atoms with van der Waals surface area (Å²) in [6.07, 6.45) is 4.65. The molecule has 37 heavy (non-hydrogen) atoms. The van der Waals surface area contributed by atoms with Crippen LogP contribution in [0.15, 0.2) is 23.1 Å². The average molecular weight is 510 g/mol. The third-order valence-electron chi connectivity index (χ3n) is 7.56. The number of carboxylic acids is 1. The number of anilines is 1. The average Bonchev–Trinajstić information content (AvgIpc) is 3.61. The second kappa shape index (κ2) is 11.2. The Labute approximate surface area is 216 Å². The van der Waals surface area contributed by atoms with Crippen LogP contribution in [0.1, 0.15) is 55.9 Å². The lowest BCUT2D eigenvalue weighted by molar-refractivity contribution is -0.119. The zero-order chi connectivity index (χ0) is 26.7. The Hall–Kier alpha value is -3.58. The molecule has 2 aromatic rings. The molecule has 1 aliphatic heterocycles. The molecule has 0 radical (unpaired) electrons. The van der Waals surface area contributed by atoms with Crippen LogP contribution in [0.3, 0.4) is 0 Å². The van der Waals surface area contributed by atoms with E-state index >= 15 is 0 Å². The number of carbonyl (C=O) groups is 2. The van der Waals surface area contributed by atoms with Crippen molar-refractivity contribution in [1.82, 2.24) is 14.8 Å². The molecule has 1 aromatic carbocycles. The van der Waals surface area contributed by atoms with E-state index in [1.807, 2.05) is 10.6 Å². The minimum absolute atomic E-state index is 0.0776. The first kappa shape index (κ1) is 26.5. The van der Waals surface area contributed by atoms with E-state index in [2.05, 4.69) is 28.1 Å². The van der Waals surface area contributed by atoms with Gasteiger partial charge in [-0.2, -0.15) is 5.26 Å². The number of likely N-dealkylation sites (N-methyl/N-ethyl adjacent to an activating group) is 1. The van der Waals surface area contributed by atoms with E-state index in [0.717, 1.165) is 44.6 Å². The molecule has 1 saturated carbocycles. The largest absolute Gasteiger partial charge is 0.492 e. The van der Waals surface area contributed by atoms with Gasteiger partial charge >= 0.3 is 5.97 Å². The summed E-state index contributed by atoms with van der Waals surface area (Å²) in [7, 11) is 1.58. The lowest BCUT2D eigenvalue weighted by atomic mass is 9.96. The highest BCUT2D eigenvalue weighted by Gasteiger charge is 2.35. The molecule has 2 aliphatic rings. The van der Waals surface area contributed by atoms with E-state index in [1.165, 1.54) is 13.1 Å². The fraction of sp³-hybridized carbons (Fsp3) is 0.556. The minimum Gasteiger partial charge on any atom is -0.492 e. The minimum atomic E-state index is -1.23. The summed E-state index contributed by atoms with van der Waals surface area (Å²) < 4.78 is 7.79. The summed E-state index contributed by atoms with van der Waals surface area (Å²) in [6.45, 7) is 7.03. The van der Waals surface area contributed by atoms with Crippen molar-refractivity contribution >= 4 is 28.5 Å². The number of carbonyl (C=O) groups excluding carboxylic acids is 1. The van der Waals surface area contributed by atoms with Gasteiger partial charge in [-0.3, -0.25) is 14.5 Å². The number of rotatable bonds is 11. The third kappa shape index (κ3) is 5.42. The zero-order valence-electron chi connectivity index (χ0n) is 21.7. The van der Waals surface area contributed by atoms with Gasteiger partial charge in [0.1, 0.15) is 5.56 Å². The number of nitrogens with one attached hydrogen (secondary N) is 1. The van der Waals surface area contributed by atoms with Crippen LogP contribution in [0, 0.1) is 17.2 Å². The zero-order valence-corrected chi connectivity index (χ0v) is 21.7. The molecule has 1 amide bonds. The maximum atomic E-state index is 13.0. The highest BCUT2D eigenvalue weighted by molar-refractivity contribution is 5.97. The normalized spacial score (nSPS) is 18.1. The van der Waals surface area contributed by atoms with Crippen LogP contribution in [-0.4, -0.2) is 72.3 Å². The number of nitriles is 1. The van der Waals surface area contributed by atoms with Crippen molar-refractivity contribution in [3.63, 3.8) is 0 Å². The summed E-state index contributed by atoms with van der Waals surface area (Å²) in [5, 5.41) is 22.0. The van der Waals surface area contributed by atoms with E-state index in [1.54, 1.807) is 13.2 Å². The lowest BCUT2D eigenvalue weighted by Crippen LogP contribution is -2.49. The number of aromatic carboxylic acids is 1. The van der Waals surface area contributed by atoms with Gasteiger partial charge in [0.2, 0.25) is 11.3 Å². The fourth-order valence-corrected chi connectivity index (χ4v) is 5.57. The summed E-state index contributed by atoms with van der Waals surface area (Å²) in [5.74, 6) is -0.472. The SMILES string of the molecule is CCN(CCC#N)C(CNC(C)=O)C1CCN(c2ccc3c(=O)c(C(=O)O)cn(C4CC4)c3c2OC)C1. The molecule has 2 N–H and O–H groups in total. The molecule has 2 fully saturated rings. The molecule has 198 valence electrons. The summed E-state index contributed by atoms with van der Waals surface area (Å²) >= 11 is 0. The third-order valence-corrected chi connectivity index (χ3v) is 7.56. The van der Waals surface area contributed by atoms with Gasteiger partial charge in [0.25, 0.3) is 0 Å². The van der Waals surface area contributed by atoms with Gasteiger partial charge in [-0.05, 0) is 43.9 Å². The van der Waals surface area contributed by atoms with Crippen molar-refractivity contribution in [2.75, 3.05) is 44.7 Å². The standard InChI is InChI=1S/C27H35N5O5/c1-4-30(12-5-11-28)23(14-29-17(2)33)18-10-13-31(15-18)22-9-8-20-24(26(22)37-3)32(19-6-7-19)16-21(25(20)34)27(35)36/h8-9,16,18-19,23H,4-7,10,12-15H2,1-3H3,(H,29,33)(H,35,36). The smallest absolute Gasteiger partial charge is 0.341 e. The predicted molar refractivity (Wildman–Crippen MR) is 140 cm³/mol. The number of amides is 1. The van der Waals surface area contributed by atoms with Gasteiger partial charge in [-0.15, -0.1) is 0 Å². The highest BCUT2D eigenvalue weighted by atomic mass is 16.5. The summed E-state index contributed by atoms with van der Waals surface area (Å²) in [6, 6.07) is 6.03. The van der Waals surface area contributed by atoms with E-state index in [-0.39, 0.29) is 29.5 Å². The number of aromatic nitrogens is 1. The first-order valence-corrected chi connectivity index (χ1v) is 12.9. The fourth-order valence-electron chi connectivity index (χ4n) is 5.57. The molecular weight excluding hydrogens is 474 g/mol. The Morgan fingerprint density at radius 1 is 1.32 bits per heavy atom. The van der Waals surface area contributed by atoms with Gasteiger partial charge in [0.05, 0.1) is 29.8 Å². The Morgan fingerprint density at radius 2 is 2.08 bits per heavy atom. The van der Waals surface area contributed by atoms with Crippen LogP contribution in [0.2, 0.25) is 0 Å². The molecule has 0 spiro atoms. The number of benzene rings is 1. The number of ether oxygens (including phenoxy) is 1. The van der Waals surface area contributed by atoms with Gasteiger partial charge in [0.15, 0.2) is 5.75 Å². The van der Waals surface area contributed by atoms with Crippen molar-refractivity contribution in [1.29, 1.82) is 5.26 Å². The van der Waals surface area contributed by atoms with E-state index in [4.69, 9.17) is 10.00 Å². The summed E-state index contributed by atoms with van der Waals surface area (Å²) in [4.78, 5) is 40.9. The molecule has 0 bridgehead atoms. The van der Waals surface area contributed by atoms with Crippen LogP contribution in [0.25, 0.3) is 10.9 Å². The van der Waals surface area contributed by atoms with Crippen LogP contribution in [0.5, 0.6) is 5.75 Å². The molecule has 10 nitrogen and oxygen atoms in total. The lowest BCUT2D eigenvalue weighted by Gasteiger charge is -2.35. The van der Waals surface area contributed by atoms with Crippen molar-refractivity contribution in [3.05, 3.63) is 34.1 Å². The van der Waals surface area contributed by atoms with Gasteiger partial charge in [0, 0.05) is 57.8 Å². The molecule has 1 aromatic heterocycles. The number of hydrogen-bond donors (Lipinski definition) is 2. The first-order valence-electron chi connectivity index (χ1n) is 12.9. The van der Waals surface area contributed by atoms with Gasteiger partial charge in [-0.25, -0.2) is 4.79 Å². The second-order valence-corrected chi connectivity index (χ2v) is 9.87. The maximum Gasteiger partial charge on any atom is 0.341 e. The van der Waals surface area contributed by atoms with Crippen LogP contribution in [0.4, 0.5) is 5.69 Å². The number of fused-ring (bicyclic) bond motifs is 1. The Kier molecular flexibility index (Phi) is 8.03. The Morgan fingerprint density at radius 3 is 2.68 bits per heavy atom. The number of methoxy groups -OCH3 is 1. The van der Waals surface area contributed by atoms with Crippen molar-refractivity contribution in [3.8, 4) is 11.8 Å². The van der Waals surface area contributed by atoms with Crippen LogP contribution in [-0.2, 0) is 4.79 Å². The molecule has 10 heteroatoms. The van der Waals surface area contributed by atoms with E-state index < -0.39 is 11.4 Å². The molecule has 2 atom stereocenters. The summed E-state index contributed by atoms with van der Waals surface area (Å²) in [5.41, 5.74) is 0.774. The molecule has 1 saturated heterocycles. The van der Waals surface area contributed by atoms with Crippen LogP contribution < -0.4 is 20.4 Å². The van der Waals surface area contributed by atoms with Crippen LogP contribution >= 0.6 is 0 Å². The van der Waals surface area contributed by atoms with Gasteiger partial charge < -0.3 is 24.6 Å².